The topological polar surface area (TPSA) is 35.5 Å². The quantitative estimate of drug-likeness (QED) is 0.526. The van der Waals surface area contributed by atoms with Gasteiger partial charge in [0.1, 0.15) is 11.2 Å². The molecule has 1 aliphatic rings. The van der Waals surface area contributed by atoms with Crippen LogP contribution >= 0.6 is 0 Å². The number of hydrogen-bond acceptors (Lipinski definition) is 3. The zero-order valence-corrected chi connectivity index (χ0v) is 18.1. The minimum Gasteiger partial charge on any atom is -0.456 e. The van der Waals surface area contributed by atoms with Crippen LogP contribution in [0.5, 0.6) is 0 Å². The second kappa shape index (κ2) is 5.60. The molecule has 3 nitrogen and oxygen atoms in total. The Kier molecular flexibility index (Phi) is 5.00. The molecule has 0 heterocycles. The Morgan fingerprint density at radius 1 is 1.14 bits per heavy atom. The van der Waals surface area contributed by atoms with Crippen molar-refractivity contribution in [3.8, 4) is 0 Å². The van der Waals surface area contributed by atoms with E-state index in [0.717, 1.165) is 6.42 Å². The highest BCUT2D eigenvalue weighted by Gasteiger charge is 2.69. The summed E-state index contributed by atoms with van der Waals surface area (Å²) in [7, 11) is -3.28. The third-order valence-corrected chi connectivity index (χ3v) is 10.5. The summed E-state index contributed by atoms with van der Waals surface area (Å²) in [5.74, 6) is -0.232. The van der Waals surface area contributed by atoms with E-state index in [1.165, 1.54) is 6.92 Å². The Bertz CT molecular complexity index is 471. The van der Waals surface area contributed by atoms with Crippen LogP contribution in [-0.4, -0.2) is 33.6 Å². The van der Waals surface area contributed by atoms with Crippen LogP contribution in [0.3, 0.4) is 0 Å². The zero-order chi connectivity index (χ0) is 17.6. The summed E-state index contributed by atoms with van der Waals surface area (Å²) in [6.45, 7) is 21.6. The van der Waals surface area contributed by atoms with E-state index >= 15 is 0 Å². The lowest BCUT2D eigenvalue weighted by Crippen LogP contribution is -2.47. The van der Waals surface area contributed by atoms with Gasteiger partial charge in [-0.1, -0.05) is 52.2 Å². The first kappa shape index (κ1) is 19.7. The first-order valence-corrected chi connectivity index (χ1v) is 14.6. The summed E-state index contributed by atoms with van der Waals surface area (Å²) in [6.07, 6.45) is 2.95. The van der Waals surface area contributed by atoms with Crippen molar-refractivity contribution in [1.82, 2.24) is 0 Å². The molecule has 22 heavy (non-hydrogen) atoms. The molecule has 2 atom stereocenters. The summed E-state index contributed by atoms with van der Waals surface area (Å²) in [6, 6.07) is 0. The van der Waals surface area contributed by atoms with Crippen LogP contribution in [0.25, 0.3) is 0 Å². The van der Waals surface area contributed by atoms with Crippen LogP contribution in [0, 0.1) is 0 Å². The molecule has 0 aromatic carbocycles. The van der Waals surface area contributed by atoms with Crippen LogP contribution in [0.4, 0.5) is 0 Å². The van der Waals surface area contributed by atoms with E-state index < -0.39 is 27.6 Å². The van der Waals surface area contributed by atoms with E-state index in [1.54, 1.807) is 0 Å². The highest BCUT2D eigenvalue weighted by atomic mass is 28.4. The second-order valence-electron chi connectivity index (χ2n) is 9.45. The number of esters is 1. The molecule has 0 radical (unpaired) electrons. The van der Waals surface area contributed by atoms with Crippen LogP contribution in [-0.2, 0) is 14.0 Å². The fraction of sp³-hybridized carbons (Fsp3) is 0.824. The fourth-order valence-electron chi connectivity index (χ4n) is 2.30. The van der Waals surface area contributed by atoms with Gasteiger partial charge in [0.05, 0.1) is 8.07 Å². The van der Waals surface area contributed by atoms with E-state index in [-0.39, 0.29) is 11.0 Å². The van der Waals surface area contributed by atoms with E-state index in [1.807, 2.05) is 6.92 Å². The average molecular weight is 343 g/mol. The lowest BCUT2D eigenvalue weighted by Gasteiger charge is -2.40. The molecule has 1 aliphatic carbocycles. The van der Waals surface area contributed by atoms with Crippen molar-refractivity contribution in [2.45, 2.75) is 90.0 Å². The van der Waals surface area contributed by atoms with Gasteiger partial charge in [-0.2, -0.15) is 0 Å². The zero-order valence-electron chi connectivity index (χ0n) is 16.1. The van der Waals surface area contributed by atoms with Crippen molar-refractivity contribution < 1.29 is 14.0 Å². The maximum Gasteiger partial charge on any atom is 0.303 e. The standard InChI is InChI=1S/C17H34O3Si2/c1-14(18)19-16(5)13-17(16,11-12-21(6,7)8)20-22(9,10)15(2,3)4/h11-12H,13H2,1-10H3/b12-11+/t16?,17-/m1/s1. The maximum absolute atomic E-state index is 11.5. The van der Waals surface area contributed by atoms with Crippen molar-refractivity contribution >= 4 is 22.4 Å². The lowest BCUT2D eigenvalue weighted by molar-refractivity contribution is -0.150. The van der Waals surface area contributed by atoms with Crippen molar-refractivity contribution in [3.63, 3.8) is 0 Å². The van der Waals surface area contributed by atoms with E-state index in [9.17, 15) is 4.79 Å². The molecule has 1 rings (SSSR count). The van der Waals surface area contributed by atoms with Crippen molar-refractivity contribution in [2.24, 2.45) is 0 Å². The molecule has 0 aliphatic heterocycles. The van der Waals surface area contributed by atoms with Gasteiger partial charge in [-0.25, -0.2) is 0 Å². The molecule has 0 aromatic rings. The largest absolute Gasteiger partial charge is 0.456 e. The Morgan fingerprint density at radius 2 is 1.64 bits per heavy atom. The van der Waals surface area contributed by atoms with Crippen molar-refractivity contribution in [1.29, 1.82) is 0 Å². The molecule has 0 amide bonds. The number of rotatable bonds is 5. The highest BCUT2D eigenvalue weighted by molar-refractivity contribution is 6.81. The molecule has 0 spiro atoms. The van der Waals surface area contributed by atoms with Gasteiger partial charge < -0.3 is 9.16 Å². The Labute approximate surface area is 138 Å². The molecule has 1 unspecified atom stereocenters. The molecular weight excluding hydrogens is 308 g/mol. The molecule has 0 aromatic heterocycles. The molecular formula is C17H34O3Si2. The van der Waals surface area contributed by atoms with Crippen molar-refractivity contribution in [2.75, 3.05) is 0 Å². The number of hydrogen-bond donors (Lipinski definition) is 0. The predicted octanol–water partition coefficient (Wildman–Crippen LogP) is 4.91. The fourth-order valence-corrected chi connectivity index (χ4v) is 4.65. The Balaban J connectivity index is 3.12. The van der Waals surface area contributed by atoms with Gasteiger partial charge in [0, 0.05) is 13.3 Å². The van der Waals surface area contributed by atoms with Crippen LogP contribution in [0.15, 0.2) is 11.8 Å². The Morgan fingerprint density at radius 3 is 2.00 bits per heavy atom. The summed E-state index contributed by atoms with van der Waals surface area (Å²) >= 11 is 0. The van der Waals surface area contributed by atoms with Gasteiger partial charge in [-0.05, 0) is 25.1 Å². The van der Waals surface area contributed by atoms with Crippen LogP contribution in [0.2, 0.25) is 37.8 Å². The molecule has 0 bridgehead atoms. The normalized spacial score (nSPS) is 29.7. The average Bonchev–Trinajstić information content (AvgIpc) is 2.75. The smallest absolute Gasteiger partial charge is 0.303 e. The van der Waals surface area contributed by atoms with Gasteiger partial charge in [-0.15, -0.1) is 0 Å². The van der Waals surface area contributed by atoms with Gasteiger partial charge in [-0.3, -0.25) is 4.79 Å². The molecule has 1 saturated carbocycles. The van der Waals surface area contributed by atoms with E-state index in [4.69, 9.17) is 9.16 Å². The summed E-state index contributed by atoms with van der Waals surface area (Å²) in [4.78, 5) is 11.5. The lowest BCUT2D eigenvalue weighted by atomic mass is 10.2. The van der Waals surface area contributed by atoms with Crippen LogP contribution < -0.4 is 0 Å². The molecule has 5 heteroatoms. The highest BCUT2D eigenvalue weighted by Crippen LogP contribution is 2.58. The second-order valence-corrected chi connectivity index (χ2v) is 19.2. The molecule has 1 fully saturated rings. The minimum atomic E-state index is -1.94. The van der Waals surface area contributed by atoms with E-state index in [2.05, 4.69) is 65.3 Å². The van der Waals surface area contributed by atoms with E-state index in [0.29, 0.717) is 0 Å². The third-order valence-electron chi connectivity index (χ3n) is 4.84. The SMILES string of the molecule is CC(=O)OC1(C)C[C@@]1(/C=C/[Si](C)(C)C)O[Si](C)(C)C(C)(C)C. The van der Waals surface area contributed by atoms with Gasteiger partial charge >= 0.3 is 5.97 Å². The number of carbonyl (C=O) groups is 1. The van der Waals surface area contributed by atoms with Gasteiger partial charge in [0.15, 0.2) is 8.32 Å². The Hall–Kier alpha value is -0.396. The summed E-state index contributed by atoms with van der Waals surface area (Å²) in [5, 5.41) is 0.132. The number of ether oxygens (including phenoxy) is 1. The first-order chi connectivity index (χ1) is 9.54. The number of carbonyl (C=O) groups excluding carboxylic acids is 1. The first-order valence-electron chi connectivity index (χ1n) is 8.14. The van der Waals surface area contributed by atoms with Gasteiger partial charge in [0.25, 0.3) is 0 Å². The predicted molar refractivity (Wildman–Crippen MR) is 98.3 cm³/mol. The molecule has 128 valence electrons. The summed E-state index contributed by atoms with van der Waals surface area (Å²) < 4.78 is 12.3. The molecule has 0 saturated heterocycles. The molecule has 0 N–H and O–H groups in total. The maximum atomic E-state index is 11.5. The third kappa shape index (κ3) is 4.33. The van der Waals surface area contributed by atoms with Crippen LogP contribution in [0.1, 0.15) is 41.0 Å². The minimum absolute atomic E-state index is 0.132. The summed E-state index contributed by atoms with van der Waals surface area (Å²) in [5.41, 5.74) is 1.35. The van der Waals surface area contributed by atoms with Crippen molar-refractivity contribution in [3.05, 3.63) is 11.8 Å². The monoisotopic (exact) mass is 342 g/mol. The van der Waals surface area contributed by atoms with Gasteiger partial charge in [0.2, 0.25) is 0 Å².